The first-order chi connectivity index (χ1) is 14.0. The molecule has 29 heavy (non-hydrogen) atoms. The van der Waals surface area contributed by atoms with E-state index in [-0.39, 0.29) is 22.4 Å². The summed E-state index contributed by atoms with van der Waals surface area (Å²) in [6, 6.07) is 6.29. The monoisotopic (exact) mass is 431 g/mol. The number of likely N-dealkylation sites (tertiary alicyclic amines) is 1. The van der Waals surface area contributed by atoms with E-state index in [1.54, 1.807) is 34.6 Å². The summed E-state index contributed by atoms with van der Waals surface area (Å²) in [6.45, 7) is 3.11. The van der Waals surface area contributed by atoms with Crippen LogP contribution in [-0.4, -0.2) is 38.8 Å². The molecule has 3 heterocycles. The van der Waals surface area contributed by atoms with E-state index in [2.05, 4.69) is 20.3 Å². The summed E-state index contributed by atoms with van der Waals surface area (Å²) in [4.78, 5) is 28.6. The Bertz CT molecular complexity index is 1040. The molecule has 0 radical (unpaired) electrons. The number of benzene rings is 1. The van der Waals surface area contributed by atoms with Crippen molar-refractivity contribution < 1.29 is 9.18 Å². The van der Waals surface area contributed by atoms with E-state index in [4.69, 9.17) is 11.6 Å². The molecule has 0 unspecified atom stereocenters. The number of nitrogens with zero attached hydrogens (tertiary/aromatic N) is 4. The lowest BCUT2D eigenvalue weighted by Crippen LogP contribution is -2.29. The zero-order valence-corrected chi connectivity index (χ0v) is 17.3. The number of carbonyl (C=O) groups excluding carboxylic acids is 1. The highest BCUT2D eigenvalue weighted by Gasteiger charge is 2.29. The van der Waals surface area contributed by atoms with Crippen molar-refractivity contribution in [3.05, 3.63) is 63.8 Å². The van der Waals surface area contributed by atoms with Gasteiger partial charge >= 0.3 is 0 Å². The quantitative estimate of drug-likeness (QED) is 0.644. The van der Waals surface area contributed by atoms with Gasteiger partial charge in [-0.15, -0.1) is 11.3 Å². The number of aromatic nitrogens is 3. The molecule has 1 atom stereocenters. The van der Waals surface area contributed by atoms with E-state index in [0.29, 0.717) is 31.2 Å². The van der Waals surface area contributed by atoms with Crippen LogP contribution >= 0.6 is 22.9 Å². The third kappa shape index (κ3) is 4.54. The Labute approximate surface area is 176 Å². The van der Waals surface area contributed by atoms with E-state index in [1.807, 2.05) is 13.1 Å². The van der Waals surface area contributed by atoms with Gasteiger partial charge in [-0.2, -0.15) is 0 Å². The maximum absolute atomic E-state index is 14.2. The molecule has 1 saturated heterocycles. The summed E-state index contributed by atoms with van der Waals surface area (Å²) in [7, 11) is 0. The minimum absolute atomic E-state index is 0.0133. The molecule has 4 rings (SSSR count). The highest BCUT2D eigenvalue weighted by molar-refractivity contribution is 7.15. The zero-order chi connectivity index (χ0) is 20.4. The fraction of sp³-hybridized carbons (Fsp3) is 0.300. The van der Waals surface area contributed by atoms with Gasteiger partial charge in [0.25, 0.3) is 5.91 Å². The van der Waals surface area contributed by atoms with Crippen molar-refractivity contribution in [2.75, 3.05) is 18.4 Å². The van der Waals surface area contributed by atoms with Crippen LogP contribution in [0.4, 0.5) is 15.3 Å². The van der Waals surface area contributed by atoms with Gasteiger partial charge in [0, 0.05) is 36.8 Å². The van der Waals surface area contributed by atoms with E-state index in [1.165, 1.54) is 12.1 Å². The molecule has 9 heteroatoms. The van der Waals surface area contributed by atoms with Crippen molar-refractivity contribution in [3.63, 3.8) is 0 Å². The maximum Gasteiger partial charge on any atom is 0.256 e. The van der Waals surface area contributed by atoms with Gasteiger partial charge < -0.3 is 10.2 Å². The molecule has 150 valence electrons. The van der Waals surface area contributed by atoms with Crippen LogP contribution in [0.25, 0.3) is 0 Å². The Morgan fingerprint density at radius 3 is 3.03 bits per heavy atom. The van der Waals surface area contributed by atoms with Crippen LogP contribution in [0.1, 0.15) is 27.5 Å². The van der Waals surface area contributed by atoms with E-state index in [0.717, 1.165) is 16.4 Å². The Kier molecular flexibility index (Phi) is 5.73. The molecular formula is C20H19ClFN5OS. The third-order valence-corrected chi connectivity index (χ3v) is 5.91. The molecule has 6 nitrogen and oxygen atoms in total. The Balaban J connectivity index is 1.39. The van der Waals surface area contributed by atoms with Crippen molar-refractivity contribution in [3.8, 4) is 0 Å². The number of anilines is 2. The summed E-state index contributed by atoms with van der Waals surface area (Å²) in [5.41, 5.74) is 0.0133. The van der Waals surface area contributed by atoms with Crippen LogP contribution < -0.4 is 5.32 Å². The van der Waals surface area contributed by atoms with Crippen LogP contribution in [0.15, 0.2) is 36.7 Å². The minimum atomic E-state index is -0.665. The number of aryl methyl sites for hydroxylation is 1. The normalized spacial score (nSPS) is 16.2. The second-order valence-corrected chi connectivity index (χ2v) is 8.61. The van der Waals surface area contributed by atoms with Crippen molar-refractivity contribution in [2.45, 2.75) is 19.8 Å². The van der Waals surface area contributed by atoms with Gasteiger partial charge in [-0.3, -0.25) is 4.79 Å². The first-order valence-electron chi connectivity index (χ1n) is 9.24. The minimum Gasteiger partial charge on any atom is -0.338 e. The molecule has 0 aliphatic carbocycles. The van der Waals surface area contributed by atoms with Gasteiger partial charge in [0.2, 0.25) is 0 Å². The lowest BCUT2D eigenvalue weighted by atomic mass is 10.0. The lowest BCUT2D eigenvalue weighted by molar-refractivity contribution is 0.0782. The highest BCUT2D eigenvalue weighted by Crippen LogP contribution is 2.25. The standard InChI is InChI=1S/C20H19ClFN5OS/c1-12-10-24-20(29-12)26-16-5-7-23-17(25-16)9-13-6-8-27(11-13)19(28)14-3-2-4-15(21)18(14)22/h2-5,7,10,13H,6,8-9,11H2,1H3,(H,23,24,25,26)/t13-/m0/s1. The number of carbonyl (C=O) groups is 1. The average molecular weight is 432 g/mol. The van der Waals surface area contributed by atoms with Gasteiger partial charge in [0.15, 0.2) is 10.9 Å². The van der Waals surface area contributed by atoms with Crippen LogP contribution in [0, 0.1) is 18.7 Å². The molecule has 2 aromatic heterocycles. The van der Waals surface area contributed by atoms with Gasteiger partial charge in [0.1, 0.15) is 11.6 Å². The smallest absolute Gasteiger partial charge is 0.256 e. The Morgan fingerprint density at radius 2 is 2.24 bits per heavy atom. The van der Waals surface area contributed by atoms with Gasteiger partial charge in [-0.25, -0.2) is 19.3 Å². The number of hydrogen-bond acceptors (Lipinski definition) is 6. The largest absolute Gasteiger partial charge is 0.338 e. The summed E-state index contributed by atoms with van der Waals surface area (Å²) in [6.07, 6.45) is 4.99. The van der Waals surface area contributed by atoms with Crippen LogP contribution in [-0.2, 0) is 6.42 Å². The highest BCUT2D eigenvalue weighted by atomic mass is 35.5. The predicted octanol–water partition coefficient (Wildman–Crippen LogP) is 4.48. The van der Waals surface area contributed by atoms with Crippen LogP contribution in [0.2, 0.25) is 5.02 Å². The second kappa shape index (κ2) is 8.42. The predicted molar refractivity (Wildman–Crippen MR) is 111 cm³/mol. The van der Waals surface area contributed by atoms with Crippen molar-refractivity contribution in [1.29, 1.82) is 0 Å². The summed E-state index contributed by atoms with van der Waals surface area (Å²) < 4.78 is 14.2. The fourth-order valence-corrected chi connectivity index (χ4v) is 4.22. The molecule has 0 spiro atoms. The number of halogens is 2. The number of amides is 1. The second-order valence-electron chi connectivity index (χ2n) is 6.97. The van der Waals surface area contributed by atoms with Crippen LogP contribution in [0.3, 0.4) is 0 Å². The molecule has 1 aliphatic rings. The van der Waals surface area contributed by atoms with Crippen molar-refractivity contribution in [1.82, 2.24) is 19.9 Å². The summed E-state index contributed by atoms with van der Waals surface area (Å²) in [5, 5.41) is 3.93. The number of hydrogen-bond donors (Lipinski definition) is 1. The molecule has 3 aromatic rings. The number of rotatable bonds is 5. The van der Waals surface area contributed by atoms with Gasteiger partial charge in [0.05, 0.1) is 10.6 Å². The molecule has 1 aliphatic heterocycles. The van der Waals surface area contributed by atoms with Gasteiger partial charge in [-0.1, -0.05) is 17.7 Å². The molecule has 0 bridgehead atoms. The molecule has 1 amide bonds. The van der Waals surface area contributed by atoms with Crippen molar-refractivity contribution >= 4 is 39.8 Å². The Hall–Kier alpha value is -2.58. The van der Waals surface area contributed by atoms with Crippen molar-refractivity contribution in [2.24, 2.45) is 5.92 Å². The van der Waals surface area contributed by atoms with Gasteiger partial charge in [-0.05, 0) is 37.5 Å². The van der Waals surface area contributed by atoms with E-state index in [9.17, 15) is 9.18 Å². The maximum atomic E-state index is 14.2. The molecule has 0 saturated carbocycles. The number of thiazole rings is 1. The average Bonchev–Trinajstić information content (AvgIpc) is 3.33. The first kappa shape index (κ1) is 19.7. The third-order valence-electron chi connectivity index (χ3n) is 4.79. The molecular weight excluding hydrogens is 413 g/mol. The zero-order valence-electron chi connectivity index (χ0n) is 15.7. The summed E-state index contributed by atoms with van der Waals surface area (Å²) >= 11 is 7.36. The molecule has 1 N–H and O–H groups in total. The molecule has 1 fully saturated rings. The summed E-state index contributed by atoms with van der Waals surface area (Å²) in [5.74, 6) is 0.622. The van der Waals surface area contributed by atoms with E-state index < -0.39 is 5.82 Å². The number of nitrogens with one attached hydrogen (secondary N) is 1. The lowest BCUT2D eigenvalue weighted by Gasteiger charge is -2.17. The van der Waals surface area contributed by atoms with Crippen LogP contribution in [0.5, 0.6) is 0 Å². The first-order valence-corrected chi connectivity index (χ1v) is 10.4. The van der Waals surface area contributed by atoms with E-state index >= 15 is 0 Å². The molecule has 1 aromatic carbocycles. The fourth-order valence-electron chi connectivity index (χ4n) is 3.37. The Morgan fingerprint density at radius 1 is 1.38 bits per heavy atom. The topological polar surface area (TPSA) is 71.0 Å². The SMILES string of the molecule is Cc1cnc(Nc2ccnc(C[C@@H]3CCN(C(=O)c4cccc(Cl)c4F)C3)n2)s1.